The van der Waals surface area contributed by atoms with Crippen molar-refractivity contribution in [3.8, 4) is 11.5 Å². The zero-order valence-corrected chi connectivity index (χ0v) is 18.1. The first kappa shape index (κ1) is 23.8. The number of nitrogens with zero attached hydrogens (tertiary/aromatic N) is 1. The summed E-state index contributed by atoms with van der Waals surface area (Å²) >= 11 is 0. The largest absolute Gasteiger partial charge is 0.493 e. The number of unbranched alkanes of at least 4 members (excludes halogenated alkanes) is 1. The highest BCUT2D eigenvalue weighted by Crippen LogP contribution is 2.27. The lowest BCUT2D eigenvalue weighted by Crippen LogP contribution is -2.37. The minimum Gasteiger partial charge on any atom is -0.493 e. The molecule has 0 fully saturated rings. The Labute approximate surface area is 168 Å². The topological polar surface area (TPSA) is 64.1 Å². The molecule has 1 aromatic carbocycles. The van der Waals surface area contributed by atoms with Gasteiger partial charge < -0.3 is 24.8 Å². The molecule has 0 radical (unpaired) electrons. The molecule has 0 amide bonds. The van der Waals surface area contributed by atoms with Crippen LogP contribution in [0.2, 0.25) is 0 Å². The first-order valence-corrected chi connectivity index (χ1v) is 8.48. The lowest BCUT2D eigenvalue weighted by atomic mass is 10.2. The van der Waals surface area contributed by atoms with Gasteiger partial charge in [-0.05, 0) is 30.5 Å². The highest BCUT2D eigenvalue weighted by atomic mass is 127. The maximum absolute atomic E-state index is 5.54. The van der Waals surface area contributed by atoms with E-state index in [9.17, 15) is 0 Å². The van der Waals surface area contributed by atoms with Crippen LogP contribution in [0.4, 0.5) is 0 Å². The molecule has 0 saturated carbocycles. The Hall–Kier alpha value is -1.22. The summed E-state index contributed by atoms with van der Waals surface area (Å²) in [5.41, 5.74) is 1.10. The number of rotatable bonds is 11. The van der Waals surface area contributed by atoms with Gasteiger partial charge in [0.15, 0.2) is 17.5 Å². The molecule has 0 aliphatic carbocycles. The van der Waals surface area contributed by atoms with E-state index in [1.807, 2.05) is 18.2 Å². The van der Waals surface area contributed by atoms with Crippen LogP contribution in [0.15, 0.2) is 23.2 Å². The molecule has 0 spiro atoms. The predicted molar refractivity (Wildman–Crippen MR) is 114 cm³/mol. The van der Waals surface area contributed by atoms with E-state index in [0.717, 1.165) is 55.6 Å². The van der Waals surface area contributed by atoms with Gasteiger partial charge >= 0.3 is 0 Å². The lowest BCUT2D eigenvalue weighted by molar-refractivity contribution is 0.129. The summed E-state index contributed by atoms with van der Waals surface area (Å²) in [6.45, 7) is 5.28. The van der Waals surface area contributed by atoms with Crippen LogP contribution in [0, 0.1) is 0 Å². The molecule has 2 N–H and O–H groups in total. The quantitative estimate of drug-likeness (QED) is 0.228. The van der Waals surface area contributed by atoms with Crippen molar-refractivity contribution >= 4 is 29.9 Å². The highest BCUT2D eigenvalue weighted by Gasteiger charge is 2.05. The Morgan fingerprint density at radius 1 is 1.04 bits per heavy atom. The summed E-state index contributed by atoms with van der Waals surface area (Å²) in [5, 5.41) is 6.57. The Kier molecular flexibility index (Phi) is 14.3. The lowest BCUT2D eigenvalue weighted by Gasteiger charge is -2.13. The SMILES string of the molecule is CCCCOCCCNC(=NC)NCc1ccc(OC)c(OC)c1.I. The summed E-state index contributed by atoms with van der Waals surface area (Å²) in [6, 6.07) is 5.86. The Morgan fingerprint density at radius 3 is 2.40 bits per heavy atom. The second-order valence-corrected chi connectivity index (χ2v) is 5.36. The number of aliphatic imine (C=N–C) groups is 1. The van der Waals surface area contributed by atoms with Gasteiger partial charge in [-0.15, -0.1) is 24.0 Å². The smallest absolute Gasteiger partial charge is 0.191 e. The molecular weight excluding hydrogens is 433 g/mol. The van der Waals surface area contributed by atoms with E-state index in [4.69, 9.17) is 14.2 Å². The van der Waals surface area contributed by atoms with Gasteiger partial charge in [0, 0.05) is 33.4 Å². The van der Waals surface area contributed by atoms with Crippen molar-refractivity contribution in [2.45, 2.75) is 32.7 Å². The molecule has 1 rings (SSSR count). The number of benzene rings is 1. The molecular formula is C18H32IN3O3. The van der Waals surface area contributed by atoms with E-state index in [1.165, 1.54) is 6.42 Å². The summed E-state index contributed by atoms with van der Waals surface area (Å²) in [5.74, 6) is 2.23. The molecule has 6 nitrogen and oxygen atoms in total. The Morgan fingerprint density at radius 2 is 1.76 bits per heavy atom. The molecule has 0 bridgehead atoms. The molecule has 0 unspecified atom stereocenters. The van der Waals surface area contributed by atoms with E-state index in [1.54, 1.807) is 21.3 Å². The molecule has 0 aliphatic rings. The average Bonchev–Trinajstić information content (AvgIpc) is 2.63. The van der Waals surface area contributed by atoms with Gasteiger partial charge in [0.05, 0.1) is 14.2 Å². The molecule has 0 atom stereocenters. The fourth-order valence-electron chi connectivity index (χ4n) is 2.13. The Bertz CT molecular complexity index is 498. The number of methoxy groups -OCH3 is 2. The summed E-state index contributed by atoms with van der Waals surface area (Å²) in [4.78, 5) is 4.22. The van der Waals surface area contributed by atoms with Crippen molar-refractivity contribution in [2.24, 2.45) is 4.99 Å². The van der Waals surface area contributed by atoms with Crippen molar-refractivity contribution in [1.82, 2.24) is 10.6 Å². The van der Waals surface area contributed by atoms with Crippen molar-refractivity contribution in [1.29, 1.82) is 0 Å². The fourth-order valence-corrected chi connectivity index (χ4v) is 2.13. The van der Waals surface area contributed by atoms with Crippen LogP contribution < -0.4 is 20.1 Å². The maximum Gasteiger partial charge on any atom is 0.191 e. The van der Waals surface area contributed by atoms with Crippen molar-refractivity contribution in [2.75, 3.05) is 41.0 Å². The van der Waals surface area contributed by atoms with Crippen LogP contribution >= 0.6 is 24.0 Å². The number of ether oxygens (including phenoxy) is 3. The third-order valence-corrected chi connectivity index (χ3v) is 3.53. The van der Waals surface area contributed by atoms with Gasteiger partial charge in [0.25, 0.3) is 0 Å². The number of nitrogens with one attached hydrogen (secondary N) is 2. The van der Waals surface area contributed by atoms with Gasteiger partial charge in [-0.2, -0.15) is 0 Å². The fraction of sp³-hybridized carbons (Fsp3) is 0.611. The molecule has 0 saturated heterocycles. The standard InChI is InChI=1S/C18H31N3O3.HI/c1-5-6-11-24-12-7-10-20-18(19-2)21-14-15-8-9-16(22-3)17(13-15)23-4;/h8-9,13H,5-7,10-12,14H2,1-4H3,(H2,19,20,21);1H. The van der Waals surface area contributed by atoms with E-state index >= 15 is 0 Å². The minimum atomic E-state index is 0. The van der Waals surface area contributed by atoms with Gasteiger partial charge in [0.2, 0.25) is 0 Å². The predicted octanol–water partition coefficient (Wildman–Crippen LogP) is 3.19. The zero-order valence-electron chi connectivity index (χ0n) is 15.8. The zero-order chi connectivity index (χ0) is 17.6. The van der Waals surface area contributed by atoms with E-state index in [2.05, 4.69) is 22.5 Å². The number of hydrogen-bond donors (Lipinski definition) is 2. The van der Waals surface area contributed by atoms with Gasteiger partial charge in [-0.1, -0.05) is 19.4 Å². The molecule has 0 aromatic heterocycles. The molecule has 25 heavy (non-hydrogen) atoms. The monoisotopic (exact) mass is 465 g/mol. The number of halogens is 1. The van der Waals surface area contributed by atoms with E-state index in [-0.39, 0.29) is 24.0 Å². The summed E-state index contributed by atoms with van der Waals surface area (Å²) in [6.07, 6.45) is 3.26. The first-order chi connectivity index (χ1) is 11.7. The average molecular weight is 465 g/mol. The number of guanidine groups is 1. The van der Waals surface area contributed by atoms with Crippen molar-refractivity contribution in [3.63, 3.8) is 0 Å². The van der Waals surface area contributed by atoms with Crippen LogP contribution in [0.5, 0.6) is 11.5 Å². The molecule has 0 heterocycles. The minimum absolute atomic E-state index is 0. The highest BCUT2D eigenvalue weighted by molar-refractivity contribution is 14.0. The summed E-state index contributed by atoms with van der Waals surface area (Å²) in [7, 11) is 5.04. The third-order valence-electron chi connectivity index (χ3n) is 3.53. The maximum atomic E-state index is 5.54. The second kappa shape index (κ2) is 15.1. The first-order valence-electron chi connectivity index (χ1n) is 8.48. The third kappa shape index (κ3) is 9.74. The number of hydrogen-bond acceptors (Lipinski definition) is 4. The van der Waals surface area contributed by atoms with E-state index < -0.39 is 0 Å². The van der Waals surface area contributed by atoms with Crippen LogP contribution in [0.25, 0.3) is 0 Å². The molecule has 144 valence electrons. The molecule has 7 heteroatoms. The van der Waals surface area contributed by atoms with E-state index in [0.29, 0.717) is 6.54 Å². The van der Waals surface area contributed by atoms with Crippen molar-refractivity contribution < 1.29 is 14.2 Å². The van der Waals surface area contributed by atoms with Crippen LogP contribution in [-0.4, -0.2) is 47.0 Å². The molecule has 1 aromatic rings. The van der Waals surface area contributed by atoms with Crippen LogP contribution in [-0.2, 0) is 11.3 Å². The normalized spacial score (nSPS) is 10.8. The van der Waals surface area contributed by atoms with Crippen LogP contribution in [0.3, 0.4) is 0 Å². The van der Waals surface area contributed by atoms with Gasteiger partial charge in [0.1, 0.15) is 0 Å². The Balaban J connectivity index is 0.00000576. The van der Waals surface area contributed by atoms with Gasteiger partial charge in [-0.25, -0.2) is 0 Å². The van der Waals surface area contributed by atoms with Crippen LogP contribution in [0.1, 0.15) is 31.7 Å². The molecule has 0 aliphatic heterocycles. The van der Waals surface area contributed by atoms with Crippen molar-refractivity contribution in [3.05, 3.63) is 23.8 Å². The second-order valence-electron chi connectivity index (χ2n) is 5.36. The van der Waals surface area contributed by atoms with Gasteiger partial charge in [-0.3, -0.25) is 4.99 Å². The summed E-state index contributed by atoms with van der Waals surface area (Å²) < 4.78 is 16.1.